The summed E-state index contributed by atoms with van der Waals surface area (Å²) < 4.78 is 0.426. The van der Waals surface area contributed by atoms with Crippen LogP contribution in [0.3, 0.4) is 0 Å². The van der Waals surface area contributed by atoms with Gasteiger partial charge >= 0.3 is 0 Å². The summed E-state index contributed by atoms with van der Waals surface area (Å²) in [5.74, 6) is 0. The second-order valence-electron chi connectivity index (χ2n) is 1.65. The average Bonchev–Trinajstić information content (AvgIpc) is 1.27. The van der Waals surface area contributed by atoms with E-state index in [0.717, 1.165) is 6.54 Å². The fraction of sp³-hybridized carbons (Fsp3) is 1.00. The second-order valence-corrected chi connectivity index (χ2v) is 5.09. The van der Waals surface area contributed by atoms with E-state index in [4.69, 9.17) is 0 Å². The van der Waals surface area contributed by atoms with E-state index < -0.39 is 0 Å². The van der Waals surface area contributed by atoms with Crippen molar-refractivity contribution in [3.8, 4) is 0 Å². The minimum atomic E-state index is 0.426. The van der Waals surface area contributed by atoms with Crippen LogP contribution in [0.15, 0.2) is 0 Å². The van der Waals surface area contributed by atoms with Crippen LogP contribution in [-0.2, 0) is 0 Å². The fourth-order valence-electron chi connectivity index (χ4n) is 0.276. The highest BCUT2D eigenvalue weighted by molar-refractivity contribution is 9.24. The zero-order valence-electron chi connectivity index (χ0n) is 4.49. The molecule has 0 aliphatic carbocycles. The lowest BCUT2D eigenvalue weighted by atomic mass is 10.7. The summed E-state index contributed by atoms with van der Waals surface area (Å²) in [6.07, 6.45) is 0. The lowest BCUT2D eigenvalue weighted by Crippen LogP contribution is -2.17. The van der Waals surface area contributed by atoms with E-state index >= 15 is 0 Å². The van der Waals surface area contributed by atoms with Crippen LogP contribution in [0.25, 0.3) is 0 Å². The van der Waals surface area contributed by atoms with E-state index in [1.807, 2.05) is 14.1 Å². The number of rotatable bonds is 2. The van der Waals surface area contributed by atoms with Gasteiger partial charge in [-0.15, -0.1) is 0 Å². The normalized spacial score (nSPS) is 11.1. The molecule has 0 aromatic heterocycles. The summed E-state index contributed by atoms with van der Waals surface area (Å²) in [4.78, 5) is 2.11. The smallest absolute Gasteiger partial charge is 0.0824 e. The molecule has 7 heavy (non-hydrogen) atoms. The van der Waals surface area contributed by atoms with Gasteiger partial charge in [0.15, 0.2) is 0 Å². The van der Waals surface area contributed by atoms with Gasteiger partial charge in [0.25, 0.3) is 0 Å². The number of hydrogen-bond donors (Lipinski definition) is 0. The third kappa shape index (κ3) is 6.92. The molecule has 0 bridgehead atoms. The van der Waals surface area contributed by atoms with Crippen LogP contribution < -0.4 is 0 Å². The molecule has 0 aliphatic rings. The molecule has 0 saturated heterocycles. The Hall–Kier alpha value is 0.920. The Labute approximate surface area is 61.3 Å². The Bertz CT molecular complexity index is 39.0. The molecule has 0 aromatic rings. The minimum absolute atomic E-state index is 0.426. The fourth-order valence-corrected chi connectivity index (χ4v) is 1.43. The quantitative estimate of drug-likeness (QED) is 0.653. The first-order valence-electron chi connectivity index (χ1n) is 2.06. The van der Waals surface area contributed by atoms with Crippen molar-refractivity contribution < 1.29 is 0 Å². The van der Waals surface area contributed by atoms with Crippen molar-refractivity contribution in [1.29, 1.82) is 0 Å². The van der Waals surface area contributed by atoms with Gasteiger partial charge in [0.1, 0.15) is 0 Å². The number of halogens is 2. The third-order valence-electron chi connectivity index (χ3n) is 0.503. The maximum atomic E-state index is 3.35. The minimum Gasteiger partial charge on any atom is -0.307 e. The van der Waals surface area contributed by atoms with E-state index in [-0.39, 0.29) is 0 Å². The van der Waals surface area contributed by atoms with Crippen molar-refractivity contribution in [2.45, 2.75) is 3.74 Å². The van der Waals surface area contributed by atoms with Gasteiger partial charge in [-0.3, -0.25) is 0 Å². The van der Waals surface area contributed by atoms with Crippen LogP contribution >= 0.6 is 31.9 Å². The van der Waals surface area contributed by atoms with Crippen LogP contribution in [0.1, 0.15) is 0 Å². The third-order valence-corrected chi connectivity index (χ3v) is 1.08. The molecule has 0 atom stereocenters. The standard InChI is InChI=1S/C4H9Br2N/c1-7(2)3-4(5)6/h4H,3H2,1-2H3. The van der Waals surface area contributed by atoms with Gasteiger partial charge in [0.05, 0.1) is 3.74 Å². The van der Waals surface area contributed by atoms with E-state index in [1.54, 1.807) is 0 Å². The van der Waals surface area contributed by atoms with Crippen LogP contribution in [0.2, 0.25) is 0 Å². The molecule has 0 radical (unpaired) electrons. The zero-order valence-corrected chi connectivity index (χ0v) is 7.66. The first kappa shape index (κ1) is 7.92. The predicted molar refractivity (Wildman–Crippen MR) is 40.2 cm³/mol. The molecule has 0 fully saturated rings. The van der Waals surface area contributed by atoms with E-state index in [1.165, 1.54) is 0 Å². The highest BCUT2D eigenvalue weighted by atomic mass is 79.9. The van der Waals surface area contributed by atoms with Crippen LogP contribution in [-0.4, -0.2) is 29.3 Å². The summed E-state index contributed by atoms with van der Waals surface area (Å²) >= 11 is 6.70. The van der Waals surface area contributed by atoms with Gasteiger partial charge in [-0.1, -0.05) is 31.9 Å². The summed E-state index contributed by atoms with van der Waals surface area (Å²) in [5, 5.41) is 0. The van der Waals surface area contributed by atoms with Gasteiger partial charge in [-0.05, 0) is 14.1 Å². The van der Waals surface area contributed by atoms with Crippen molar-refractivity contribution in [3.05, 3.63) is 0 Å². The number of nitrogens with zero attached hydrogens (tertiary/aromatic N) is 1. The molecule has 3 heteroatoms. The van der Waals surface area contributed by atoms with Gasteiger partial charge < -0.3 is 4.90 Å². The average molecular weight is 231 g/mol. The maximum absolute atomic E-state index is 3.35. The molecule has 44 valence electrons. The largest absolute Gasteiger partial charge is 0.307 e. The van der Waals surface area contributed by atoms with Gasteiger partial charge in [0, 0.05) is 6.54 Å². The Morgan fingerprint density at radius 3 is 1.86 bits per heavy atom. The predicted octanol–water partition coefficient (Wildman–Crippen LogP) is 1.66. The Balaban J connectivity index is 2.95. The molecule has 1 nitrogen and oxygen atoms in total. The molecule has 0 heterocycles. The van der Waals surface area contributed by atoms with Gasteiger partial charge in [-0.25, -0.2) is 0 Å². The molecule has 0 unspecified atom stereocenters. The lowest BCUT2D eigenvalue weighted by molar-refractivity contribution is 0.433. The van der Waals surface area contributed by atoms with Crippen LogP contribution in [0, 0.1) is 0 Å². The van der Waals surface area contributed by atoms with Crippen LogP contribution in [0.4, 0.5) is 0 Å². The van der Waals surface area contributed by atoms with Gasteiger partial charge in [0.2, 0.25) is 0 Å². The van der Waals surface area contributed by atoms with Crippen molar-refractivity contribution in [2.75, 3.05) is 20.6 Å². The van der Waals surface area contributed by atoms with E-state index in [2.05, 4.69) is 36.8 Å². The van der Waals surface area contributed by atoms with Crippen molar-refractivity contribution in [3.63, 3.8) is 0 Å². The maximum Gasteiger partial charge on any atom is 0.0824 e. The number of alkyl halides is 2. The summed E-state index contributed by atoms with van der Waals surface area (Å²) in [7, 11) is 4.07. The highest BCUT2D eigenvalue weighted by Gasteiger charge is 1.96. The van der Waals surface area contributed by atoms with Crippen LogP contribution in [0.5, 0.6) is 0 Å². The van der Waals surface area contributed by atoms with Crippen molar-refractivity contribution in [2.24, 2.45) is 0 Å². The molecule has 0 N–H and O–H groups in total. The molecule has 0 saturated carbocycles. The number of hydrogen-bond acceptors (Lipinski definition) is 1. The molecule has 0 aliphatic heterocycles. The van der Waals surface area contributed by atoms with Crippen molar-refractivity contribution >= 4 is 31.9 Å². The SMILES string of the molecule is CN(C)CC(Br)Br. The van der Waals surface area contributed by atoms with E-state index in [0.29, 0.717) is 3.74 Å². The van der Waals surface area contributed by atoms with E-state index in [9.17, 15) is 0 Å². The molecular weight excluding hydrogens is 222 g/mol. The first-order valence-corrected chi connectivity index (χ1v) is 3.89. The topological polar surface area (TPSA) is 3.24 Å². The van der Waals surface area contributed by atoms with Gasteiger partial charge in [-0.2, -0.15) is 0 Å². The summed E-state index contributed by atoms with van der Waals surface area (Å²) in [6.45, 7) is 1.03. The molecule has 0 aromatic carbocycles. The lowest BCUT2D eigenvalue weighted by Gasteiger charge is -2.08. The Morgan fingerprint density at radius 2 is 1.86 bits per heavy atom. The Kier molecular flexibility index (Phi) is 4.37. The highest BCUT2D eigenvalue weighted by Crippen LogP contribution is 2.07. The molecule has 0 rings (SSSR count). The monoisotopic (exact) mass is 229 g/mol. The second kappa shape index (κ2) is 3.87. The van der Waals surface area contributed by atoms with Crippen molar-refractivity contribution in [1.82, 2.24) is 4.90 Å². The molecule has 0 spiro atoms. The zero-order chi connectivity index (χ0) is 5.86. The summed E-state index contributed by atoms with van der Waals surface area (Å²) in [5.41, 5.74) is 0. The molecule has 0 amide bonds. The first-order chi connectivity index (χ1) is 3.13. The Morgan fingerprint density at radius 1 is 1.43 bits per heavy atom. The summed E-state index contributed by atoms with van der Waals surface area (Å²) in [6, 6.07) is 0. The molecular formula is C4H9Br2N.